The second-order valence-corrected chi connectivity index (χ2v) is 8.12. The van der Waals surface area contributed by atoms with Crippen LogP contribution in [0.25, 0.3) is 39.0 Å². The molecule has 0 atom stereocenters. The zero-order valence-corrected chi connectivity index (χ0v) is 19.2. The molecule has 0 radical (unpaired) electrons. The van der Waals surface area contributed by atoms with Gasteiger partial charge in [-0.15, -0.1) is 0 Å². The van der Waals surface area contributed by atoms with Crippen LogP contribution in [0.15, 0.2) is 72.9 Å². The molecule has 0 aliphatic rings. The number of nitrogen functional groups attached to an aromatic ring is 1. The molecule has 0 spiro atoms. The average Bonchev–Trinajstić information content (AvgIpc) is 3.45. The third-order valence-corrected chi connectivity index (χ3v) is 6.05. The van der Waals surface area contributed by atoms with E-state index in [1.807, 2.05) is 42.6 Å². The summed E-state index contributed by atoms with van der Waals surface area (Å²) in [5.41, 5.74) is 12.2. The van der Waals surface area contributed by atoms with Gasteiger partial charge in [0, 0.05) is 32.0 Å². The van der Waals surface area contributed by atoms with Crippen molar-refractivity contribution in [2.45, 2.75) is 13.0 Å². The summed E-state index contributed by atoms with van der Waals surface area (Å²) < 4.78 is 14.5. The van der Waals surface area contributed by atoms with Crippen molar-refractivity contribution in [3.05, 3.63) is 78.5 Å². The van der Waals surface area contributed by atoms with Gasteiger partial charge in [-0.3, -0.25) is 0 Å². The summed E-state index contributed by atoms with van der Waals surface area (Å²) >= 11 is 0. The van der Waals surface area contributed by atoms with Gasteiger partial charge in [0.2, 0.25) is 0 Å². The Morgan fingerprint density at radius 1 is 1.00 bits per heavy atom. The molecule has 2 N–H and O–H groups in total. The minimum atomic E-state index is -0.388. The lowest BCUT2D eigenvalue weighted by atomic mass is 10.1. The fourth-order valence-electron chi connectivity index (χ4n) is 4.46. The van der Waals surface area contributed by atoms with E-state index in [1.165, 1.54) is 7.11 Å². The lowest BCUT2D eigenvalue weighted by Gasteiger charge is -2.16. The number of carbonyl (C=O) groups excluding carboxylic acids is 1. The fourth-order valence-corrected chi connectivity index (χ4v) is 4.46. The summed E-state index contributed by atoms with van der Waals surface area (Å²) in [6.45, 7) is 1.34. The van der Waals surface area contributed by atoms with E-state index in [2.05, 4.69) is 27.3 Å². The summed E-state index contributed by atoms with van der Waals surface area (Å²) in [7, 11) is 3.07. The molecule has 0 aliphatic carbocycles. The lowest BCUT2D eigenvalue weighted by molar-refractivity contribution is 0.0601. The van der Waals surface area contributed by atoms with E-state index in [9.17, 15) is 4.79 Å². The standard InChI is InChI=1S/C27H26N4O3/c1-33-16-6-14-31-24-12-11-19(27(32)34-2)17-22(24)29-26(31)20-8-5-9-21(28)25(20)30-15-13-18-7-3-4-10-23(18)30/h3-5,7-13,15,17H,6,14,16,28H2,1-2H3. The summed E-state index contributed by atoms with van der Waals surface area (Å²) in [5, 5.41) is 1.13. The van der Waals surface area contributed by atoms with E-state index in [4.69, 9.17) is 20.2 Å². The van der Waals surface area contributed by atoms with Crippen molar-refractivity contribution in [1.82, 2.24) is 14.1 Å². The van der Waals surface area contributed by atoms with E-state index in [0.29, 0.717) is 24.4 Å². The number of nitrogens with two attached hydrogens (primary N) is 1. The van der Waals surface area contributed by atoms with Crippen molar-refractivity contribution in [3.8, 4) is 17.1 Å². The SMILES string of the molecule is COCCCn1c(-c2cccc(N)c2-n2ccc3ccccc32)nc2cc(C(=O)OC)ccc21. The Morgan fingerprint density at radius 2 is 1.85 bits per heavy atom. The number of methoxy groups -OCH3 is 2. The van der Waals surface area contributed by atoms with Crippen molar-refractivity contribution < 1.29 is 14.3 Å². The van der Waals surface area contributed by atoms with Crippen LogP contribution in [0.2, 0.25) is 0 Å². The molecule has 5 rings (SSSR count). The zero-order valence-electron chi connectivity index (χ0n) is 19.2. The van der Waals surface area contributed by atoms with Gasteiger partial charge in [-0.05, 0) is 54.3 Å². The molecule has 0 saturated carbocycles. The first-order chi connectivity index (χ1) is 16.6. The summed E-state index contributed by atoms with van der Waals surface area (Å²) in [6, 6.07) is 21.6. The molecule has 7 heteroatoms. The zero-order chi connectivity index (χ0) is 23.7. The highest BCUT2D eigenvalue weighted by Gasteiger charge is 2.20. The molecule has 2 heterocycles. The summed E-state index contributed by atoms with van der Waals surface area (Å²) in [4.78, 5) is 17.1. The van der Waals surface area contributed by atoms with Crippen LogP contribution in [0.1, 0.15) is 16.8 Å². The lowest BCUT2D eigenvalue weighted by Crippen LogP contribution is -2.07. The first-order valence-corrected chi connectivity index (χ1v) is 11.1. The number of esters is 1. The van der Waals surface area contributed by atoms with Crippen LogP contribution in [-0.2, 0) is 16.0 Å². The highest BCUT2D eigenvalue weighted by Crippen LogP contribution is 2.35. The number of ether oxygens (including phenoxy) is 2. The van der Waals surface area contributed by atoms with Gasteiger partial charge in [-0.25, -0.2) is 9.78 Å². The van der Waals surface area contributed by atoms with Gasteiger partial charge in [0.15, 0.2) is 0 Å². The molecule has 0 aliphatic heterocycles. The van der Waals surface area contributed by atoms with Crippen LogP contribution >= 0.6 is 0 Å². The molecule has 2 aromatic heterocycles. The Morgan fingerprint density at radius 3 is 2.68 bits per heavy atom. The molecular weight excluding hydrogens is 428 g/mol. The van der Waals surface area contributed by atoms with Crippen LogP contribution in [0.5, 0.6) is 0 Å². The van der Waals surface area contributed by atoms with Crippen LogP contribution in [-0.4, -0.2) is 40.9 Å². The van der Waals surface area contributed by atoms with E-state index in [1.54, 1.807) is 19.2 Å². The second kappa shape index (κ2) is 9.03. The largest absolute Gasteiger partial charge is 0.465 e. The molecule has 172 valence electrons. The second-order valence-electron chi connectivity index (χ2n) is 8.12. The fraction of sp³-hybridized carbons (Fsp3) is 0.185. The molecule has 0 amide bonds. The van der Waals surface area contributed by atoms with E-state index in [-0.39, 0.29) is 5.97 Å². The number of rotatable bonds is 7. The minimum Gasteiger partial charge on any atom is -0.465 e. The topological polar surface area (TPSA) is 84.3 Å². The van der Waals surface area contributed by atoms with E-state index < -0.39 is 0 Å². The van der Waals surface area contributed by atoms with Crippen molar-refractivity contribution in [3.63, 3.8) is 0 Å². The van der Waals surface area contributed by atoms with Crippen LogP contribution in [0.3, 0.4) is 0 Å². The normalized spacial score (nSPS) is 11.4. The number of anilines is 1. The molecule has 7 nitrogen and oxygen atoms in total. The molecule has 5 aromatic rings. The Kier molecular flexibility index (Phi) is 5.77. The highest BCUT2D eigenvalue weighted by molar-refractivity contribution is 5.95. The van der Waals surface area contributed by atoms with Gasteiger partial charge in [-0.2, -0.15) is 0 Å². The predicted molar refractivity (Wildman–Crippen MR) is 134 cm³/mol. The number of carbonyl (C=O) groups is 1. The van der Waals surface area contributed by atoms with Gasteiger partial charge >= 0.3 is 5.97 Å². The Balaban J connectivity index is 1.75. The van der Waals surface area contributed by atoms with E-state index in [0.717, 1.165) is 45.4 Å². The number of para-hydroxylation sites is 2. The molecule has 34 heavy (non-hydrogen) atoms. The number of fused-ring (bicyclic) bond motifs is 2. The van der Waals surface area contributed by atoms with Crippen molar-refractivity contribution >= 4 is 33.6 Å². The number of imidazole rings is 1. The molecule has 0 fully saturated rings. The number of aryl methyl sites for hydroxylation is 1. The molecule has 3 aromatic carbocycles. The summed E-state index contributed by atoms with van der Waals surface area (Å²) in [5.74, 6) is 0.397. The third-order valence-electron chi connectivity index (χ3n) is 6.05. The summed E-state index contributed by atoms with van der Waals surface area (Å²) in [6.07, 6.45) is 2.85. The Bertz CT molecular complexity index is 1500. The van der Waals surface area contributed by atoms with Crippen molar-refractivity contribution in [2.24, 2.45) is 0 Å². The Hall–Kier alpha value is -4.10. The highest BCUT2D eigenvalue weighted by atomic mass is 16.5. The first-order valence-electron chi connectivity index (χ1n) is 11.1. The number of benzene rings is 3. The minimum absolute atomic E-state index is 0.388. The smallest absolute Gasteiger partial charge is 0.337 e. The maximum absolute atomic E-state index is 12.1. The van der Waals surface area contributed by atoms with Gasteiger partial charge in [-0.1, -0.05) is 24.3 Å². The number of nitrogens with zero attached hydrogens (tertiary/aromatic N) is 3. The predicted octanol–water partition coefficient (Wildman–Crippen LogP) is 5.05. The maximum Gasteiger partial charge on any atom is 0.337 e. The number of aromatic nitrogens is 3. The number of hydrogen-bond donors (Lipinski definition) is 1. The van der Waals surface area contributed by atoms with Crippen molar-refractivity contribution in [2.75, 3.05) is 26.6 Å². The molecule has 0 unspecified atom stereocenters. The number of hydrogen-bond acceptors (Lipinski definition) is 5. The molecule has 0 bridgehead atoms. The Labute approximate surface area is 197 Å². The van der Waals surface area contributed by atoms with Crippen molar-refractivity contribution in [1.29, 1.82) is 0 Å². The first kappa shape index (κ1) is 21.7. The van der Waals surface area contributed by atoms with Crippen LogP contribution in [0, 0.1) is 0 Å². The van der Waals surface area contributed by atoms with Gasteiger partial charge in [0.25, 0.3) is 0 Å². The molecule has 0 saturated heterocycles. The monoisotopic (exact) mass is 454 g/mol. The quantitative estimate of drug-likeness (QED) is 0.211. The van der Waals surface area contributed by atoms with Crippen LogP contribution < -0.4 is 5.73 Å². The van der Waals surface area contributed by atoms with Crippen LogP contribution in [0.4, 0.5) is 5.69 Å². The van der Waals surface area contributed by atoms with Gasteiger partial charge < -0.3 is 24.3 Å². The van der Waals surface area contributed by atoms with Gasteiger partial charge in [0.1, 0.15) is 5.82 Å². The molecular formula is C27H26N4O3. The maximum atomic E-state index is 12.1. The average molecular weight is 455 g/mol. The third kappa shape index (κ3) is 3.70. The van der Waals surface area contributed by atoms with E-state index >= 15 is 0 Å². The van der Waals surface area contributed by atoms with Gasteiger partial charge in [0.05, 0.1) is 40.6 Å².